The van der Waals surface area contributed by atoms with E-state index in [1.807, 2.05) is 7.05 Å². The summed E-state index contributed by atoms with van der Waals surface area (Å²) in [7, 11) is 1.89. The second-order valence-corrected chi connectivity index (χ2v) is 4.97. The molecule has 2 rings (SSSR count). The molecule has 18 heavy (non-hydrogen) atoms. The number of rotatable bonds is 4. The van der Waals surface area contributed by atoms with Crippen molar-refractivity contribution in [3.63, 3.8) is 0 Å². The molecule has 4 nitrogen and oxygen atoms in total. The van der Waals surface area contributed by atoms with Gasteiger partial charge in [0, 0.05) is 12.6 Å². The molecule has 0 unspecified atom stereocenters. The molecule has 0 aliphatic rings. The van der Waals surface area contributed by atoms with Crippen LogP contribution < -0.4 is 5.73 Å². The van der Waals surface area contributed by atoms with Crippen molar-refractivity contribution in [1.29, 1.82) is 0 Å². The fourth-order valence-corrected chi connectivity index (χ4v) is 2.04. The number of aromatic nitrogens is 3. The molecule has 96 valence electrons. The van der Waals surface area contributed by atoms with E-state index in [9.17, 15) is 0 Å². The lowest BCUT2D eigenvalue weighted by Gasteiger charge is -2.06. The molecule has 0 radical (unpaired) electrons. The lowest BCUT2D eigenvalue weighted by atomic mass is 10.0. The summed E-state index contributed by atoms with van der Waals surface area (Å²) in [5.41, 5.74) is 7.99. The van der Waals surface area contributed by atoms with Gasteiger partial charge in [-0.15, -0.1) is 0 Å². The van der Waals surface area contributed by atoms with E-state index in [-0.39, 0.29) is 0 Å². The Hall–Kier alpha value is -1.68. The summed E-state index contributed by atoms with van der Waals surface area (Å²) in [6, 6.07) is 8.52. The summed E-state index contributed by atoms with van der Waals surface area (Å²) in [4.78, 5) is 4.42. The molecule has 1 aromatic heterocycles. The molecule has 1 aromatic carbocycles. The molecule has 0 bridgehead atoms. The van der Waals surface area contributed by atoms with Crippen molar-refractivity contribution in [2.24, 2.45) is 18.7 Å². The van der Waals surface area contributed by atoms with Crippen LogP contribution in [0.25, 0.3) is 11.4 Å². The Bertz CT molecular complexity index is 511. The second kappa shape index (κ2) is 5.31. The predicted molar refractivity (Wildman–Crippen MR) is 72.9 cm³/mol. The standard InChI is InChI=1S/C14H20N4/c1-10(2)8-11-4-6-12(7-5-11)14-16-13(9-15)17-18(14)3/h4-7,10H,8-9,15H2,1-3H3. The Morgan fingerprint density at radius 2 is 1.89 bits per heavy atom. The fourth-order valence-electron chi connectivity index (χ4n) is 2.04. The van der Waals surface area contributed by atoms with Gasteiger partial charge in [-0.3, -0.25) is 0 Å². The molecule has 0 amide bonds. The van der Waals surface area contributed by atoms with Crippen molar-refractivity contribution in [3.8, 4) is 11.4 Å². The molecule has 0 aliphatic heterocycles. The molecule has 4 heteroatoms. The van der Waals surface area contributed by atoms with E-state index in [2.05, 4.69) is 48.2 Å². The molecular formula is C14H20N4. The summed E-state index contributed by atoms with van der Waals surface area (Å²) in [5.74, 6) is 2.22. The minimum atomic E-state index is 0.374. The van der Waals surface area contributed by atoms with Crippen LogP contribution in [0.5, 0.6) is 0 Å². The molecular weight excluding hydrogens is 224 g/mol. The fraction of sp³-hybridized carbons (Fsp3) is 0.429. The largest absolute Gasteiger partial charge is 0.324 e. The third-order valence-electron chi connectivity index (χ3n) is 2.85. The van der Waals surface area contributed by atoms with E-state index in [0.717, 1.165) is 17.8 Å². The van der Waals surface area contributed by atoms with Crippen molar-refractivity contribution in [2.75, 3.05) is 0 Å². The lowest BCUT2D eigenvalue weighted by molar-refractivity contribution is 0.647. The van der Waals surface area contributed by atoms with Gasteiger partial charge >= 0.3 is 0 Å². The lowest BCUT2D eigenvalue weighted by Crippen LogP contribution is -1.99. The first kappa shape index (κ1) is 12.8. The van der Waals surface area contributed by atoms with Gasteiger partial charge in [0.15, 0.2) is 11.6 Å². The molecule has 0 atom stereocenters. The number of hydrogen-bond donors (Lipinski definition) is 1. The van der Waals surface area contributed by atoms with Crippen LogP contribution in [-0.4, -0.2) is 14.8 Å². The summed E-state index contributed by atoms with van der Waals surface area (Å²) in [6.07, 6.45) is 1.10. The zero-order valence-electron chi connectivity index (χ0n) is 11.2. The van der Waals surface area contributed by atoms with Crippen LogP contribution in [0.1, 0.15) is 25.2 Å². The smallest absolute Gasteiger partial charge is 0.164 e. The highest BCUT2D eigenvalue weighted by Gasteiger charge is 2.08. The summed E-state index contributed by atoms with van der Waals surface area (Å²) in [6.45, 7) is 4.83. The van der Waals surface area contributed by atoms with Crippen molar-refractivity contribution in [1.82, 2.24) is 14.8 Å². The highest BCUT2D eigenvalue weighted by Crippen LogP contribution is 2.18. The van der Waals surface area contributed by atoms with Crippen molar-refractivity contribution >= 4 is 0 Å². The van der Waals surface area contributed by atoms with Crippen LogP contribution in [0.15, 0.2) is 24.3 Å². The molecule has 2 N–H and O–H groups in total. The molecule has 2 aromatic rings. The molecule has 0 saturated heterocycles. The minimum absolute atomic E-state index is 0.374. The molecule has 0 fully saturated rings. The quantitative estimate of drug-likeness (QED) is 0.896. The van der Waals surface area contributed by atoms with Gasteiger partial charge in [0.1, 0.15) is 0 Å². The molecule has 1 heterocycles. The zero-order valence-corrected chi connectivity index (χ0v) is 11.2. The number of nitrogens with two attached hydrogens (primary N) is 1. The highest BCUT2D eigenvalue weighted by molar-refractivity contribution is 5.55. The maximum Gasteiger partial charge on any atom is 0.164 e. The zero-order chi connectivity index (χ0) is 13.1. The van der Waals surface area contributed by atoms with Crippen LogP contribution in [0, 0.1) is 5.92 Å². The van der Waals surface area contributed by atoms with Gasteiger partial charge in [0.25, 0.3) is 0 Å². The highest BCUT2D eigenvalue weighted by atomic mass is 15.3. The number of benzene rings is 1. The number of hydrogen-bond acceptors (Lipinski definition) is 3. The van der Waals surface area contributed by atoms with Crippen LogP contribution in [0.3, 0.4) is 0 Å². The Balaban J connectivity index is 2.25. The van der Waals surface area contributed by atoms with Crippen LogP contribution in [0.4, 0.5) is 0 Å². The molecule has 0 aliphatic carbocycles. The average molecular weight is 244 g/mol. The Labute approximate surface area is 108 Å². The van der Waals surface area contributed by atoms with Crippen LogP contribution in [0.2, 0.25) is 0 Å². The van der Waals surface area contributed by atoms with E-state index >= 15 is 0 Å². The third kappa shape index (κ3) is 2.76. The summed E-state index contributed by atoms with van der Waals surface area (Å²) < 4.78 is 1.78. The van der Waals surface area contributed by atoms with E-state index in [1.165, 1.54) is 5.56 Å². The Morgan fingerprint density at radius 1 is 1.22 bits per heavy atom. The summed E-state index contributed by atoms with van der Waals surface area (Å²) >= 11 is 0. The van der Waals surface area contributed by atoms with Gasteiger partial charge < -0.3 is 5.73 Å². The van der Waals surface area contributed by atoms with Gasteiger partial charge in [-0.05, 0) is 17.9 Å². The average Bonchev–Trinajstić information content (AvgIpc) is 2.71. The maximum absolute atomic E-state index is 5.55. The van der Waals surface area contributed by atoms with Gasteiger partial charge in [-0.25, -0.2) is 9.67 Å². The first-order chi connectivity index (χ1) is 8.60. The van der Waals surface area contributed by atoms with Crippen molar-refractivity contribution in [3.05, 3.63) is 35.7 Å². The Kier molecular flexibility index (Phi) is 3.77. The first-order valence-corrected chi connectivity index (χ1v) is 6.29. The minimum Gasteiger partial charge on any atom is -0.324 e. The van der Waals surface area contributed by atoms with Gasteiger partial charge in [0.2, 0.25) is 0 Å². The monoisotopic (exact) mass is 244 g/mol. The Morgan fingerprint density at radius 3 is 2.39 bits per heavy atom. The number of nitrogens with zero attached hydrogens (tertiary/aromatic N) is 3. The van der Waals surface area contributed by atoms with E-state index in [0.29, 0.717) is 18.3 Å². The van der Waals surface area contributed by atoms with Crippen LogP contribution in [-0.2, 0) is 20.0 Å². The SMILES string of the molecule is CC(C)Cc1ccc(-c2nc(CN)nn2C)cc1. The third-order valence-corrected chi connectivity index (χ3v) is 2.85. The topological polar surface area (TPSA) is 56.7 Å². The van der Waals surface area contributed by atoms with Gasteiger partial charge in [-0.1, -0.05) is 38.1 Å². The van der Waals surface area contributed by atoms with Gasteiger partial charge in [0.05, 0.1) is 6.54 Å². The van der Waals surface area contributed by atoms with Crippen LogP contribution >= 0.6 is 0 Å². The first-order valence-electron chi connectivity index (χ1n) is 6.29. The van der Waals surface area contributed by atoms with Crippen molar-refractivity contribution in [2.45, 2.75) is 26.8 Å². The number of aryl methyl sites for hydroxylation is 1. The maximum atomic E-state index is 5.55. The predicted octanol–water partition coefficient (Wildman–Crippen LogP) is 2.14. The van der Waals surface area contributed by atoms with E-state index in [1.54, 1.807) is 4.68 Å². The van der Waals surface area contributed by atoms with Gasteiger partial charge in [-0.2, -0.15) is 5.10 Å². The molecule has 0 saturated carbocycles. The van der Waals surface area contributed by atoms with E-state index < -0.39 is 0 Å². The normalized spacial score (nSPS) is 11.2. The molecule has 0 spiro atoms. The van der Waals surface area contributed by atoms with E-state index in [4.69, 9.17) is 5.73 Å². The van der Waals surface area contributed by atoms with Crippen molar-refractivity contribution < 1.29 is 0 Å². The second-order valence-electron chi connectivity index (χ2n) is 4.97. The summed E-state index contributed by atoms with van der Waals surface area (Å²) in [5, 5.41) is 4.26.